The first-order chi connectivity index (χ1) is 9.13. The van der Waals surface area contributed by atoms with Crippen LogP contribution in [0, 0.1) is 6.92 Å². The van der Waals surface area contributed by atoms with Crippen molar-refractivity contribution in [2.24, 2.45) is 0 Å². The number of rotatable bonds is 1. The van der Waals surface area contributed by atoms with Crippen molar-refractivity contribution in [1.29, 1.82) is 0 Å². The Bertz CT molecular complexity index is 626. The van der Waals surface area contributed by atoms with Crippen molar-refractivity contribution in [3.05, 3.63) is 28.9 Å². The minimum atomic E-state index is 0.425. The molecule has 0 radical (unpaired) electrons. The molecule has 2 heterocycles. The Morgan fingerprint density at radius 3 is 2.74 bits per heavy atom. The summed E-state index contributed by atoms with van der Waals surface area (Å²) in [7, 11) is 0. The number of nitrogen functional groups attached to an aromatic ring is 1. The molecule has 1 aromatic heterocycles. The number of fused-ring (bicyclic) bond motifs is 1. The van der Waals surface area contributed by atoms with Crippen LogP contribution in [0.2, 0.25) is 5.02 Å². The molecule has 3 rings (SSSR count). The number of nitrogens with two attached hydrogens (primary N) is 1. The predicted molar refractivity (Wildman–Crippen MR) is 72.6 cm³/mol. The number of hydrogen-bond acceptors (Lipinski definition) is 5. The standard InChI is InChI=1S/C13H12ClN3O2/c1-7-4-11(15)17-13(16-7)8-5-9(14)12-10(6-8)18-2-3-19-12/h4-6H,2-3H2,1H3,(H2,15,16,17). The lowest BCUT2D eigenvalue weighted by molar-refractivity contribution is 0.172. The number of aryl methyl sites for hydroxylation is 1. The van der Waals surface area contributed by atoms with Gasteiger partial charge in [0.25, 0.3) is 0 Å². The van der Waals surface area contributed by atoms with Gasteiger partial charge in [0, 0.05) is 17.3 Å². The summed E-state index contributed by atoms with van der Waals surface area (Å²) in [5.74, 6) is 2.12. The van der Waals surface area contributed by atoms with Crippen molar-refractivity contribution in [3.63, 3.8) is 0 Å². The molecule has 1 aliphatic heterocycles. The van der Waals surface area contributed by atoms with E-state index in [0.29, 0.717) is 41.4 Å². The van der Waals surface area contributed by atoms with E-state index in [1.54, 1.807) is 12.1 Å². The fraction of sp³-hybridized carbons (Fsp3) is 0.231. The quantitative estimate of drug-likeness (QED) is 0.867. The third-order valence-electron chi connectivity index (χ3n) is 2.73. The van der Waals surface area contributed by atoms with Crippen molar-refractivity contribution in [2.45, 2.75) is 6.92 Å². The zero-order valence-electron chi connectivity index (χ0n) is 10.3. The van der Waals surface area contributed by atoms with Gasteiger partial charge in [-0.2, -0.15) is 0 Å². The first-order valence-corrected chi connectivity index (χ1v) is 6.22. The maximum absolute atomic E-state index is 6.18. The third-order valence-corrected chi connectivity index (χ3v) is 3.01. The second-order valence-corrected chi connectivity index (χ2v) is 4.65. The molecule has 2 aromatic rings. The lowest BCUT2D eigenvalue weighted by Gasteiger charge is -2.20. The van der Waals surface area contributed by atoms with Crippen LogP contribution < -0.4 is 15.2 Å². The van der Waals surface area contributed by atoms with Gasteiger partial charge in [-0.1, -0.05) is 11.6 Å². The molecular formula is C13H12ClN3O2. The molecule has 0 fully saturated rings. The summed E-state index contributed by atoms with van der Waals surface area (Å²) in [4.78, 5) is 8.55. The molecule has 0 saturated heterocycles. The van der Waals surface area contributed by atoms with Crippen molar-refractivity contribution >= 4 is 17.4 Å². The largest absolute Gasteiger partial charge is 0.486 e. The van der Waals surface area contributed by atoms with Crippen molar-refractivity contribution in [3.8, 4) is 22.9 Å². The highest BCUT2D eigenvalue weighted by Crippen LogP contribution is 2.40. The van der Waals surface area contributed by atoms with Crippen LogP contribution in [0.3, 0.4) is 0 Å². The number of ether oxygens (including phenoxy) is 2. The van der Waals surface area contributed by atoms with Gasteiger partial charge in [0.15, 0.2) is 17.3 Å². The van der Waals surface area contributed by atoms with Crippen molar-refractivity contribution in [2.75, 3.05) is 18.9 Å². The summed E-state index contributed by atoms with van der Waals surface area (Å²) in [6.07, 6.45) is 0. The molecule has 98 valence electrons. The Morgan fingerprint density at radius 2 is 1.95 bits per heavy atom. The second-order valence-electron chi connectivity index (χ2n) is 4.24. The highest BCUT2D eigenvalue weighted by atomic mass is 35.5. The normalized spacial score (nSPS) is 13.4. The van der Waals surface area contributed by atoms with Crippen LogP contribution in [0.1, 0.15) is 5.69 Å². The zero-order chi connectivity index (χ0) is 13.4. The van der Waals surface area contributed by atoms with Gasteiger partial charge in [0.05, 0.1) is 5.02 Å². The molecule has 0 unspecified atom stereocenters. The molecule has 0 aliphatic carbocycles. The average Bonchev–Trinajstić information content (AvgIpc) is 2.37. The molecule has 0 amide bonds. The summed E-state index contributed by atoms with van der Waals surface area (Å²) in [6, 6.07) is 5.28. The van der Waals surface area contributed by atoms with Gasteiger partial charge in [-0.15, -0.1) is 0 Å². The van der Waals surface area contributed by atoms with Gasteiger partial charge < -0.3 is 15.2 Å². The van der Waals surface area contributed by atoms with Gasteiger partial charge in [0.2, 0.25) is 0 Å². The molecular weight excluding hydrogens is 266 g/mol. The van der Waals surface area contributed by atoms with Gasteiger partial charge in [-0.3, -0.25) is 0 Å². The van der Waals surface area contributed by atoms with Gasteiger partial charge >= 0.3 is 0 Å². The van der Waals surface area contributed by atoms with Gasteiger partial charge in [-0.25, -0.2) is 9.97 Å². The van der Waals surface area contributed by atoms with E-state index >= 15 is 0 Å². The highest BCUT2D eigenvalue weighted by molar-refractivity contribution is 6.32. The molecule has 0 spiro atoms. The summed E-state index contributed by atoms with van der Waals surface area (Å²) in [5.41, 5.74) is 7.29. The summed E-state index contributed by atoms with van der Waals surface area (Å²) in [6.45, 7) is 2.87. The van der Waals surface area contributed by atoms with E-state index in [4.69, 9.17) is 26.8 Å². The maximum atomic E-state index is 6.18. The van der Waals surface area contributed by atoms with E-state index in [-0.39, 0.29) is 0 Å². The van der Waals surface area contributed by atoms with E-state index < -0.39 is 0 Å². The van der Waals surface area contributed by atoms with E-state index in [2.05, 4.69) is 9.97 Å². The molecule has 2 N–H and O–H groups in total. The minimum absolute atomic E-state index is 0.425. The Kier molecular flexibility index (Phi) is 2.91. The van der Waals surface area contributed by atoms with E-state index in [1.807, 2.05) is 13.0 Å². The first kappa shape index (κ1) is 12.0. The number of anilines is 1. The van der Waals surface area contributed by atoms with Crippen LogP contribution in [-0.4, -0.2) is 23.2 Å². The van der Waals surface area contributed by atoms with Crippen LogP contribution in [-0.2, 0) is 0 Å². The topological polar surface area (TPSA) is 70.3 Å². The first-order valence-electron chi connectivity index (χ1n) is 5.84. The Labute approximate surface area is 115 Å². The minimum Gasteiger partial charge on any atom is -0.486 e. The molecule has 6 heteroatoms. The fourth-order valence-electron chi connectivity index (χ4n) is 1.96. The molecule has 0 bridgehead atoms. The predicted octanol–water partition coefficient (Wildman–Crippen LogP) is 2.46. The zero-order valence-corrected chi connectivity index (χ0v) is 11.1. The Balaban J connectivity index is 2.12. The average molecular weight is 278 g/mol. The third kappa shape index (κ3) is 2.29. The number of nitrogens with zero attached hydrogens (tertiary/aromatic N) is 2. The Morgan fingerprint density at radius 1 is 1.16 bits per heavy atom. The summed E-state index contributed by atoms with van der Waals surface area (Å²) < 4.78 is 11.0. The Hall–Kier alpha value is -2.01. The summed E-state index contributed by atoms with van der Waals surface area (Å²) >= 11 is 6.18. The van der Waals surface area contributed by atoms with Crippen LogP contribution in [0.5, 0.6) is 11.5 Å². The number of aromatic nitrogens is 2. The van der Waals surface area contributed by atoms with Crippen LogP contribution in [0.4, 0.5) is 5.82 Å². The second kappa shape index (κ2) is 4.59. The van der Waals surface area contributed by atoms with Crippen LogP contribution in [0.15, 0.2) is 18.2 Å². The molecule has 5 nitrogen and oxygen atoms in total. The van der Waals surface area contributed by atoms with Gasteiger partial charge in [0.1, 0.15) is 19.0 Å². The molecule has 0 atom stereocenters. The lowest BCUT2D eigenvalue weighted by Crippen LogP contribution is -2.15. The molecule has 0 saturated carbocycles. The molecule has 19 heavy (non-hydrogen) atoms. The number of hydrogen-bond donors (Lipinski definition) is 1. The molecule has 1 aliphatic rings. The van der Waals surface area contributed by atoms with E-state index in [1.165, 1.54) is 0 Å². The van der Waals surface area contributed by atoms with Crippen molar-refractivity contribution in [1.82, 2.24) is 9.97 Å². The SMILES string of the molecule is Cc1cc(N)nc(-c2cc(Cl)c3c(c2)OCCO3)n1. The van der Waals surface area contributed by atoms with Crippen LogP contribution >= 0.6 is 11.6 Å². The van der Waals surface area contributed by atoms with E-state index in [0.717, 1.165) is 11.3 Å². The fourth-order valence-corrected chi connectivity index (χ4v) is 2.23. The van der Waals surface area contributed by atoms with Crippen molar-refractivity contribution < 1.29 is 9.47 Å². The number of benzene rings is 1. The van der Waals surface area contributed by atoms with E-state index in [9.17, 15) is 0 Å². The smallest absolute Gasteiger partial charge is 0.179 e. The number of halogens is 1. The lowest BCUT2D eigenvalue weighted by atomic mass is 10.1. The maximum Gasteiger partial charge on any atom is 0.179 e. The molecule has 1 aromatic carbocycles. The summed E-state index contributed by atoms with van der Waals surface area (Å²) in [5, 5.41) is 0.482. The van der Waals surface area contributed by atoms with Gasteiger partial charge in [-0.05, 0) is 19.1 Å². The van der Waals surface area contributed by atoms with Crippen LogP contribution in [0.25, 0.3) is 11.4 Å². The highest BCUT2D eigenvalue weighted by Gasteiger charge is 2.18. The monoisotopic (exact) mass is 277 g/mol.